The summed E-state index contributed by atoms with van der Waals surface area (Å²) in [4.78, 5) is 0. The van der Waals surface area contributed by atoms with Gasteiger partial charge in [-0.1, -0.05) is 65.0 Å². The molecule has 3 heteroatoms. The number of fused-ring (bicyclic) bond motifs is 1. The van der Waals surface area contributed by atoms with E-state index in [4.69, 9.17) is 5.11 Å². The molecule has 0 saturated heterocycles. The third-order valence-electron chi connectivity index (χ3n) is 6.32. The molecule has 1 heterocycles. The molecule has 3 nitrogen and oxygen atoms in total. The zero-order valence-electron chi connectivity index (χ0n) is 15.7. The van der Waals surface area contributed by atoms with Crippen molar-refractivity contribution in [2.24, 2.45) is 21.2 Å². The molecule has 0 aromatic carbocycles. The summed E-state index contributed by atoms with van der Waals surface area (Å²) in [5.74, 6) is 0. The second-order valence-corrected chi connectivity index (χ2v) is 9.13. The van der Waals surface area contributed by atoms with E-state index in [1.807, 2.05) is 0 Å². The summed E-state index contributed by atoms with van der Waals surface area (Å²) in [5, 5.41) is 11.6. The Morgan fingerprint density at radius 2 is 1.68 bits per heavy atom. The normalized spacial score (nSPS) is 34.6. The fraction of sp³-hybridized carbons (Fsp3) is 1.00. The van der Waals surface area contributed by atoms with Gasteiger partial charge in [0.2, 0.25) is 0 Å². The van der Waals surface area contributed by atoms with Crippen molar-refractivity contribution in [3.8, 4) is 0 Å². The Bertz CT molecular complexity index is 383. The van der Waals surface area contributed by atoms with Crippen LogP contribution in [0.15, 0.2) is 10.3 Å². The summed E-state index contributed by atoms with van der Waals surface area (Å²) in [6.07, 6.45) is 10.7. The lowest BCUT2D eigenvalue weighted by Crippen LogP contribution is -2.43. The fourth-order valence-corrected chi connectivity index (χ4v) is 4.08. The van der Waals surface area contributed by atoms with Crippen molar-refractivity contribution in [3.05, 3.63) is 0 Å². The number of rotatable bonds is 1. The maximum absolute atomic E-state index is 4.72. The Labute approximate surface area is 137 Å². The maximum atomic E-state index is 4.72. The average molecular weight is 308 g/mol. The standard InChI is InChI=1S/C19H37N3/c1-15(2)22-17-12-10-8-7-9-11-13-19(6,18(3,4)5)14-16(17)20-21-22/h15-17H,7-14H2,1-6H3. The molecule has 3 atom stereocenters. The molecule has 22 heavy (non-hydrogen) atoms. The lowest BCUT2D eigenvalue weighted by atomic mass is 9.62. The minimum Gasteiger partial charge on any atom is -0.271 e. The molecule has 0 aromatic rings. The molecule has 0 bridgehead atoms. The van der Waals surface area contributed by atoms with Crippen LogP contribution in [0.25, 0.3) is 0 Å². The van der Waals surface area contributed by atoms with Crippen molar-refractivity contribution in [2.75, 3.05) is 0 Å². The van der Waals surface area contributed by atoms with Crippen LogP contribution in [0, 0.1) is 10.8 Å². The van der Waals surface area contributed by atoms with Crippen molar-refractivity contribution in [3.63, 3.8) is 0 Å². The van der Waals surface area contributed by atoms with Gasteiger partial charge in [0, 0.05) is 6.04 Å². The zero-order chi connectivity index (χ0) is 16.4. The van der Waals surface area contributed by atoms with E-state index in [9.17, 15) is 0 Å². The average Bonchev–Trinajstić information content (AvgIpc) is 2.77. The van der Waals surface area contributed by atoms with Crippen molar-refractivity contribution in [1.29, 1.82) is 0 Å². The van der Waals surface area contributed by atoms with Gasteiger partial charge in [-0.15, -0.1) is 0 Å². The van der Waals surface area contributed by atoms with Crippen molar-refractivity contribution < 1.29 is 0 Å². The van der Waals surface area contributed by atoms with Gasteiger partial charge < -0.3 is 0 Å². The minimum atomic E-state index is 0.326. The van der Waals surface area contributed by atoms with Crippen molar-refractivity contribution >= 4 is 0 Å². The van der Waals surface area contributed by atoms with Gasteiger partial charge in [-0.05, 0) is 43.9 Å². The van der Waals surface area contributed by atoms with E-state index in [1.54, 1.807) is 0 Å². The smallest absolute Gasteiger partial charge is 0.0955 e. The van der Waals surface area contributed by atoms with Crippen LogP contribution in [-0.4, -0.2) is 23.1 Å². The lowest BCUT2D eigenvalue weighted by Gasteiger charge is -2.44. The molecular formula is C19H37N3. The maximum Gasteiger partial charge on any atom is 0.0955 e. The molecule has 1 fully saturated rings. The molecule has 1 saturated carbocycles. The second kappa shape index (κ2) is 6.88. The quantitative estimate of drug-likeness (QED) is 0.583. The Morgan fingerprint density at radius 3 is 2.32 bits per heavy atom. The summed E-state index contributed by atoms with van der Waals surface area (Å²) >= 11 is 0. The molecule has 0 radical (unpaired) electrons. The lowest BCUT2D eigenvalue weighted by molar-refractivity contribution is 0.0607. The van der Waals surface area contributed by atoms with Crippen LogP contribution in [0.5, 0.6) is 0 Å². The van der Waals surface area contributed by atoms with Crippen LogP contribution in [0.3, 0.4) is 0 Å². The van der Waals surface area contributed by atoms with E-state index in [-0.39, 0.29) is 0 Å². The van der Waals surface area contributed by atoms with Gasteiger partial charge in [0.15, 0.2) is 0 Å². The van der Waals surface area contributed by atoms with Gasteiger partial charge in [0.05, 0.1) is 12.1 Å². The Morgan fingerprint density at radius 1 is 1.05 bits per heavy atom. The number of hydrogen-bond acceptors (Lipinski definition) is 3. The van der Waals surface area contributed by atoms with Gasteiger partial charge in [-0.3, -0.25) is 5.01 Å². The molecule has 0 amide bonds. The molecule has 2 aliphatic rings. The first-order chi connectivity index (χ1) is 10.2. The van der Waals surface area contributed by atoms with Crippen LogP contribution < -0.4 is 0 Å². The summed E-state index contributed by atoms with van der Waals surface area (Å²) < 4.78 is 0. The second-order valence-electron chi connectivity index (χ2n) is 9.13. The van der Waals surface area contributed by atoms with Gasteiger partial charge >= 0.3 is 0 Å². The van der Waals surface area contributed by atoms with E-state index in [2.05, 4.69) is 51.8 Å². The van der Waals surface area contributed by atoms with Gasteiger partial charge in [-0.2, -0.15) is 5.11 Å². The molecular weight excluding hydrogens is 270 g/mol. The van der Waals surface area contributed by atoms with E-state index in [0.29, 0.717) is 29.0 Å². The molecule has 128 valence electrons. The predicted octanol–water partition coefficient (Wildman–Crippen LogP) is 6.00. The summed E-state index contributed by atoms with van der Waals surface area (Å²) in [6.45, 7) is 14.2. The number of nitrogens with zero attached hydrogens (tertiary/aromatic N) is 3. The van der Waals surface area contributed by atoms with Crippen molar-refractivity contribution in [2.45, 2.75) is 111 Å². The first-order valence-corrected chi connectivity index (χ1v) is 9.44. The van der Waals surface area contributed by atoms with E-state index in [1.165, 1.54) is 51.4 Å². The SMILES string of the molecule is CC(C)N1N=NC2CC(C)(C(C)(C)C)CCCCCCCC21. The summed E-state index contributed by atoms with van der Waals surface area (Å²) in [6, 6.07) is 1.38. The van der Waals surface area contributed by atoms with Crippen LogP contribution >= 0.6 is 0 Å². The Kier molecular flexibility index (Phi) is 5.55. The highest BCUT2D eigenvalue weighted by Gasteiger charge is 2.43. The highest BCUT2D eigenvalue weighted by atomic mass is 15.6. The van der Waals surface area contributed by atoms with Gasteiger partial charge in [0.25, 0.3) is 0 Å². The Balaban J connectivity index is 2.21. The van der Waals surface area contributed by atoms with E-state index >= 15 is 0 Å². The highest BCUT2D eigenvalue weighted by molar-refractivity contribution is 4.96. The van der Waals surface area contributed by atoms with Crippen molar-refractivity contribution in [1.82, 2.24) is 5.01 Å². The van der Waals surface area contributed by atoms with Crippen LogP contribution in [0.2, 0.25) is 0 Å². The third kappa shape index (κ3) is 3.83. The van der Waals surface area contributed by atoms with Crippen LogP contribution in [0.1, 0.15) is 92.9 Å². The van der Waals surface area contributed by atoms with Gasteiger partial charge in [0.1, 0.15) is 0 Å². The summed E-state index contributed by atoms with van der Waals surface area (Å²) in [7, 11) is 0. The third-order valence-corrected chi connectivity index (χ3v) is 6.32. The fourth-order valence-electron chi connectivity index (χ4n) is 4.08. The molecule has 1 aliphatic heterocycles. The van der Waals surface area contributed by atoms with Crippen LogP contribution in [-0.2, 0) is 0 Å². The monoisotopic (exact) mass is 307 g/mol. The molecule has 0 spiro atoms. The molecule has 0 N–H and O–H groups in total. The number of hydrogen-bond donors (Lipinski definition) is 0. The molecule has 1 aliphatic carbocycles. The minimum absolute atomic E-state index is 0.326. The molecule has 0 aromatic heterocycles. The Hall–Kier alpha value is -0.600. The predicted molar refractivity (Wildman–Crippen MR) is 93.9 cm³/mol. The largest absolute Gasteiger partial charge is 0.271 e. The zero-order valence-corrected chi connectivity index (χ0v) is 15.7. The topological polar surface area (TPSA) is 28.0 Å². The first kappa shape index (κ1) is 17.7. The van der Waals surface area contributed by atoms with E-state index in [0.717, 1.165) is 0 Å². The molecule has 3 unspecified atom stereocenters. The van der Waals surface area contributed by atoms with Crippen LogP contribution in [0.4, 0.5) is 0 Å². The summed E-state index contributed by atoms with van der Waals surface area (Å²) in [5.41, 5.74) is 0.679. The van der Waals surface area contributed by atoms with Gasteiger partial charge in [-0.25, -0.2) is 0 Å². The highest BCUT2D eigenvalue weighted by Crippen LogP contribution is 2.48. The first-order valence-electron chi connectivity index (χ1n) is 9.44. The molecule has 2 rings (SSSR count). The van der Waals surface area contributed by atoms with E-state index < -0.39 is 0 Å².